The molecular weight excluding hydrogens is 314 g/mol. The van der Waals surface area contributed by atoms with Gasteiger partial charge in [-0.2, -0.15) is 0 Å². The Hall–Kier alpha value is -1.14. The van der Waals surface area contributed by atoms with E-state index in [2.05, 4.69) is 15.1 Å². The van der Waals surface area contributed by atoms with Crippen LogP contribution in [0.3, 0.4) is 0 Å². The first-order valence-electron chi connectivity index (χ1n) is 8.17. The number of hydrogen-bond acceptors (Lipinski definition) is 4. The Balaban J connectivity index is 1.63. The van der Waals surface area contributed by atoms with Crippen molar-refractivity contribution in [2.75, 3.05) is 39.3 Å². The van der Waals surface area contributed by atoms with E-state index in [0.29, 0.717) is 18.0 Å². The van der Waals surface area contributed by atoms with Gasteiger partial charge in [0.05, 0.1) is 6.10 Å². The second-order valence-electron chi connectivity index (χ2n) is 6.11. The summed E-state index contributed by atoms with van der Waals surface area (Å²) in [4.78, 5) is 16.5. The number of halogens is 1. The lowest BCUT2D eigenvalue weighted by atomic mass is 10.2. The van der Waals surface area contributed by atoms with Crippen molar-refractivity contribution in [2.24, 2.45) is 0 Å². The Morgan fingerprint density at radius 1 is 1.26 bits per heavy atom. The molecule has 1 amide bonds. The summed E-state index contributed by atoms with van der Waals surface area (Å²) in [6.07, 6.45) is 0.220. The minimum absolute atomic E-state index is 0.0522. The van der Waals surface area contributed by atoms with E-state index >= 15 is 0 Å². The largest absolute Gasteiger partial charge is 0.392 e. The van der Waals surface area contributed by atoms with Gasteiger partial charge in [0, 0.05) is 57.3 Å². The van der Waals surface area contributed by atoms with E-state index in [1.54, 1.807) is 0 Å². The number of nitrogens with zero attached hydrogens (tertiary/aromatic N) is 2. The Morgan fingerprint density at radius 2 is 1.91 bits per heavy atom. The topological polar surface area (TPSA) is 55.8 Å². The summed E-state index contributed by atoms with van der Waals surface area (Å²) >= 11 is 6.07. The van der Waals surface area contributed by atoms with Crippen LogP contribution in [0, 0.1) is 0 Å². The molecule has 128 valence electrons. The number of carbonyl (C=O) groups excluding carboxylic acids is 1. The molecule has 1 fully saturated rings. The third kappa shape index (κ3) is 6.47. The van der Waals surface area contributed by atoms with Crippen molar-refractivity contribution in [3.05, 3.63) is 34.9 Å². The van der Waals surface area contributed by atoms with Crippen LogP contribution in [0.1, 0.15) is 18.9 Å². The maximum atomic E-state index is 12.0. The summed E-state index contributed by atoms with van der Waals surface area (Å²) in [5, 5.41) is 13.0. The van der Waals surface area contributed by atoms with Crippen LogP contribution in [0.2, 0.25) is 5.02 Å². The average Bonchev–Trinajstić information content (AvgIpc) is 2.53. The van der Waals surface area contributed by atoms with Crippen LogP contribution in [0.4, 0.5) is 0 Å². The van der Waals surface area contributed by atoms with Gasteiger partial charge in [-0.15, -0.1) is 0 Å². The molecule has 0 radical (unpaired) electrons. The van der Waals surface area contributed by atoms with Gasteiger partial charge in [-0.1, -0.05) is 29.8 Å². The number of nitrogens with one attached hydrogen (secondary N) is 1. The van der Waals surface area contributed by atoms with Crippen LogP contribution in [0.15, 0.2) is 24.3 Å². The van der Waals surface area contributed by atoms with Gasteiger partial charge in [0.15, 0.2) is 0 Å². The predicted octanol–water partition coefficient (Wildman–Crippen LogP) is 1.34. The molecule has 1 aliphatic heterocycles. The monoisotopic (exact) mass is 339 g/mol. The van der Waals surface area contributed by atoms with Gasteiger partial charge >= 0.3 is 0 Å². The van der Waals surface area contributed by atoms with Crippen molar-refractivity contribution >= 4 is 17.5 Å². The molecule has 0 bridgehead atoms. The number of benzene rings is 1. The van der Waals surface area contributed by atoms with Crippen molar-refractivity contribution in [1.82, 2.24) is 15.1 Å². The first kappa shape index (κ1) is 18.2. The molecule has 0 aromatic heterocycles. The first-order chi connectivity index (χ1) is 11.0. The SMILES string of the molecule is C[C@@H](O)CN1CCN(CCC(=O)NCc2ccccc2Cl)CC1. The van der Waals surface area contributed by atoms with Crippen molar-refractivity contribution in [3.8, 4) is 0 Å². The Bertz CT molecular complexity index is 502. The lowest BCUT2D eigenvalue weighted by Gasteiger charge is -2.35. The van der Waals surface area contributed by atoms with E-state index in [4.69, 9.17) is 11.6 Å². The molecular formula is C17H26ClN3O2. The number of rotatable bonds is 7. The fourth-order valence-electron chi connectivity index (χ4n) is 2.75. The van der Waals surface area contributed by atoms with Crippen LogP contribution in [-0.4, -0.2) is 66.2 Å². The highest BCUT2D eigenvalue weighted by Gasteiger charge is 2.18. The fraction of sp³-hybridized carbons (Fsp3) is 0.588. The number of hydrogen-bond donors (Lipinski definition) is 2. The van der Waals surface area contributed by atoms with Gasteiger partial charge in [-0.3, -0.25) is 9.69 Å². The third-order valence-electron chi connectivity index (χ3n) is 4.08. The molecule has 6 heteroatoms. The zero-order valence-electron chi connectivity index (χ0n) is 13.7. The van der Waals surface area contributed by atoms with Gasteiger partial charge in [-0.25, -0.2) is 0 Å². The first-order valence-corrected chi connectivity index (χ1v) is 8.55. The van der Waals surface area contributed by atoms with Crippen LogP contribution in [0.5, 0.6) is 0 Å². The normalized spacial score (nSPS) is 17.9. The molecule has 1 aromatic rings. The summed E-state index contributed by atoms with van der Waals surface area (Å²) in [6.45, 7) is 7.59. The van der Waals surface area contributed by atoms with E-state index in [-0.39, 0.29) is 12.0 Å². The molecule has 0 saturated carbocycles. The highest BCUT2D eigenvalue weighted by atomic mass is 35.5. The molecule has 1 aromatic carbocycles. The van der Waals surface area contributed by atoms with Crippen molar-refractivity contribution in [3.63, 3.8) is 0 Å². The highest BCUT2D eigenvalue weighted by Crippen LogP contribution is 2.14. The zero-order chi connectivity index (χ0) is 16.7. The highest BCUT2D eigenvalue weighted by molar-refractivity contribution is 6.31. The number of aliphatic hydroxyl groups excluding tert-OH is 1. The smallest absolute Gasteiger partial charge is 0.221 e. The lowest BCUT2D eigenvalue weighted by molar-refractivity contribution is -0.121. The summed E-state index contributed by atoms with van der Waals surface area (Å²) in [6, 6.07) is 7.55. The number of β-amino-alcohol motifs (C(OH)–C–C–N with tert-alkyl or cyclic N) is 1. The van der Waals surface area contributed by atoms with Crippen LogP contribution in [0.25, 0.3) is 0 Å². The summed E-state index contributed by atoms with van der Waals surface area (Å²) in [5.74, 6) is 0.0522. The van der Waals surface area contributed by atoms with Gasteiger partial charge in [0.2, 0.25) is 5.91 Å². The van der Waals surface area contributed by atoms with Crippen LogP contribution >= 0.6 is 11.6 Å². The number of piperazine rings is 1. The van der Waals surface area contributed by atoms with E-state index in [1.807, 2.05) is 31.2 Å². The molecule has 0 aliphatic carbocycles. The lowest BCUT2D eigenvalue weighted by Crippen LogP contribution is -2.48. The van der Waals surface area contributed by atoms with E-state index < -0.39 is 0 Å². The van der Waals surface area contributed by atoms with Gasteiger partial charge in [-0.05, 0) is 18.6 Å². The average molecular weight is 340 g/mol. The van der Waals surface area contributed by atoms with Crippen molar-refractivity contribution < 1.29 is 9.90 Å². The minimum Gasteiger partial charge on any atom is -0.392 e. The van der Waals surface area contributed by atoms with E-state index in [0.717, 1.165) is 44.8 Å². The predicted molar refractivity (Wildman–Crippen MR) is 92.5 cm³/mol. The van der Waals surface area contributed by atoms with Gasteiger partial charge in [0.25, 0.3) is 0 Å². The fourth-order valence-corrected chi connectivity index (χ4v) is 2.96. The second kappa shape index (κ2) is 9.23. The Kier molecular flexibility index (Phi) is 7.30. The Morgan fingerprint density at radius 3 is 2.57 bits per heavy atom. The molecule has 2 N–H and O–H groups in total. The summed E-state index contributed by atoms with van der Waals surface area (Å²) in [7, 11) is 0. The van der Waals surface area contributed by atoms with Gasteiger partial charge < -0.3 is 15.3 Å². The number of carbonyl (C=O) groups is 1. The molecule has 0 unspecified atom stereocenters. The minimum atomic E-state index is -0.280. The molecule has 2 rings (SSSR count). The molecule has 1 aliphatic rings. The molecule has 1 saturated heterocycles. The molecule has 23 heavy (non-hydrogen) atoms. The van der Waals surface area contributed by atoms with E-state index in [9.17, 15) is 9.90 Å². The van der Waals surface area contributed by atoms with Crippen LogP contribution in [-0.2, 0) is 11.3 Å². The molecule has 1 heterocycles. The summed E-state index contributed by atoms with van der Waals surface area (Å²) in [5.41, 5.74) is 0.939. The molecule has 5 nitrogen and oxygen atoms in total. The zero-order valence-corrected chi connectivity index (χ0v) is 14.4. The van der Waals surface area contributed by atoms with Crippen LogP contribution < -0.4 is 5.32 Å². The number of amides is 1. The van der Waals surface area contributed by atoms with Crippen molar-refractivity contribution in [1.29, 1.82) is 0 Å². The van der Waals surface area contributed by atoms with E-state index in [1.165, 1.54) is 0 Å². The quantitative estimate of drug-likeness (QED) is 0.787. The summed E-state index contributed by atoms with van der Waals surface area (Å²) < 4.78 is 0. The third-order valence-corrected chi connectivity index (χ3v) is 4.45. The standard InChI is InChI=1S/C17H26ClN3O2/c1-14(22)13-21-10-8-20(9-11-21)7-6-17(23)19-12-15-4-2-3-5-16(15)18/h2-5,14,22H,6-13H2,1H3,(H,19,23)/t14-/m1/s1. The number of aliphatic hydroxyl groups is 1. The van der Waals surface area contributed by atoms with Crippen molar-refractivity contribution in [2.45, 2.75) is 26.0 Å². The second-order valence-corrected chi connectivity index (χ2v) is 6.52. The van der Waals surface area contributed by atoms with Gasteiger partial charge in [0.1, 0.15) is 0 Å². The molecule has 1 atom stereocenters. The Labute approximate surface area is 143 Å². The molecule has 0 spiro atoms. The maximum Gasteiger partial charge on any atom is 0.221 e. The maximum absolute atomic E-state index is 12.0.